The van der Waals surface area contributed by atoms with Gasteiger partial charge >= 0.3 is 6.18 Å². The van der Waals surface area contributed by atoms with Gasteiger partial charge in [0.2, 0.25) is 0 Å². The van der Waals surface area contributed by atoms with Gasteiger partial charge in [-0.25, -0.2) is 4.39 Å². The maximum absolute atomic E-state index is 14.0. The van der Waals surface area contributed by atoms with E-state index in [-0.39, 0.29) is 24.4 Å². The molecule has 3 nitrogen and oxygen atoms in total. The lowest BCUT2D eigenvalue weighted by atomic mass is 9.95. The normalized spacial score (nSPS) is 20.3. The Labute approximate surface area is 161 Å². The first-order valence-corrected chi connectivity index (χ1v) is 8.33. The van der Waals surface area contributed by atoms with Crippen molar-refractivity contribution in [2.75, 3.05) is 19.7 Å². The van der Waals surface area contributed by atoms with Crippen molar-refractivity contribution in [1.82, 2.24) is 4.90 Å². The molecule has 0 aromatic heterocycles. The molecular formula is C19H21ClF4N2O. The molecule has 2 atom stereocenters. The standard InChI is InChI=1S/C19H20F4N2O.ClH/c20-16-8-13(6-7-18(16)26-12-19(21,22)23)9-25-10-15(17(24)11-25)14-4-2-1-3-5-14;/h1-8,15,17H,9-12,24H2;1H/t15-,17+;/m0./s1. The predicted molar refractivity (Wildman–Crippen MR) is 97.6 cm³/mol. The van der Waals surface area contributed by atoms with Crippen LogP contribution >= 0.6 is 12.4 Å². The maximum atomic E-state index is 14.0. The van der Waals surface area contributed by atoms with E-state index < -0.39 is 24.3 Å². The Balaban J connectivity index is 0.00000261. The monoisotopic (exact) mass is 404 g/mol. The Bertz CT molecular complexity index is 742. The summed E-state index contributed by atoms with van der Waals surface area (Å²) >= 11 is 0. The Morgan fingerprint density at radius 3 is 2.41 bits per heavy atom. The first-order chi connectivity index (χ1) is 12.3. The van der Waals surface area contributed by atoms with Crippen LogP contribution in [-0.4, -0.2) is 36.8 Å². The summed E-state index contributed by atoms with van der Waals surface area (Å²) in [6.07, 6.45) is -4.50. The van der Waals surface area contributed by atoms with Crippen LogP contribution < -0.4 is 10.5 Å². The molecule has 148 valence electrons. The number of halogens is 5. The number of hydrogen-bond donors (Lipinski definition) is 1. The van der Waals surface area contributed by atoms with E-state index in [0.717, 1.165) is 6.54 Å². The molecule has 1 fully saturated rings. The van der Waals surface area contributed by atoms with Gasteiger partial charge in [0.05, 0.1) is 0 Å². The molecule has 0 saturated carbocycles. The number of benzene rings is 2. The summed E-state index contributed by atoms with van der Waals surface area (Å²) in [5, 5.41) is 0. The smallest absolute Gasteiger partial charge is 0.422 e. The Hall–Kier alpha value is -1.83. The lowest BCUT2D eigenvalue weighted by Crippen LogP contribution is -2.28. The minimum Gasteiger partial charge on any atom is -0.481 e. The molecule has 1 aliphatic heterocycles. The molecule has 3 rings (SSSR count). The van der Waals surface area contributed by atoms with Gasteiger partial charge in [0.1, 0.15) is 0 Å². The van der Waals surface area contributed by atoms with Crippen LogP contribution in [0.4, 0.5) is 17.6 Å². The third-order valence-electron chi connectivity index (χ3n) is 4.46. The van der Waals surface area contributed by atoms with E-state index in [1.807, 2.05) is 30.3 Å². The van der Waals surface area contributed by atoms with Crippen molar-refractivity contribution in [3.8, 4) is 5.75 Å². The zero-order valence-electron chi connectivity index (χ0n) is 14.5. The van der Waals surface area contributed by atoms with Crippen molar-refractivity contribution in [3.63, 3.8) is 0 Å². The summed E-state index contributed by atoms with van der Waals surface area (Å²) < 4.78 is 55.0. The van der Waals surface area contributed by atoms with Crippen LogP contribution in [0, 0.1) is 5.82 Å². The quantitative estimate of drug-likeness (QED) is 0.762. The third-order valence-corrected chi connectivity index (χ3v) is 4.46. The first-order valence-electron chi connectivity index (χ1n) is 8.33. The van der Waals surface area contributed by atoms with Gasteiger partial charge in [0.25, 0.3) is 0 Å². The van der Waals surface area contributed by atoms with Crippen molar-refractivity contribution >= 4 is 12.4 Å². The molecule has 1 saturated heterocycles. The summed E-state index contributed by atoms with van der Waals surface area (Å²) in [4.78, 5) is 2.12. The maximum Gasteiger partial charge on any atom is 0.422 e. The minimum absolute atomic E-state index is 0. The molecule has 0 amide bonds. The second kappa shape index (κ2) is 8.91. The number of rotatable bonds is 5. The van der Waals surface area contributed by atoms with Crippen LogP contribution in [-0.2, 0) is 6.54 Å². The second-order valence-electron chi connectivity index (χ2n) is 6.54. The summed E-state index contributed by atoms with van der Waals surface area (Å²) in [6, 6.07) is 14.0. The zero-order chi connectivity index (χ0) is 18.7. The molecule has 2 aromatic carbocycles. The van der Waals surface area contributed by atoms with E-state index in [4.69, 9.17) is 5.73 Å². The fraction of sp³-hybridized carbons (Fsp3) is 0.368. The number of nitrogens with zero attached hydrogens (tertiary/aromatic N) is 1. The van der Waals surface area contributed by atoms with Gasteiger partial charge in [-0.15, -0.1) is 12.4 Å². The second-order valence-corrected chi connectivity index (χ2v) is 6.54. The highest BCUT2D eigenvalue weighted by Gasteiger charge is 2.31. The van der Waals surface area contributed by atoms with E-state index in [2.05, 4.69) is 9.64 Å². The molecule has 0 radical (unpaired) electrons. The van der Waals surface area contributed by atoms with E-state index in [1.54, 1.807) is 6.07 Å². The average Bonchev–Trinajstić information content (AvgIpc) is 2.94. The highest BCUT2D eigenvalue weighted by molar-refractivity contribution is 5.85. The van der Waals surface area contributed by atoms with E-state index in [1.165, 1.54) is 17.7 Å². The van der Waals surface area contributed by atoms with E-state index in [9.17, 15) is 17.6 Å². The van der Waals surface area contributed by atoms with Crippen molar-refractivity contribution in [2.24, 2.45) is 5.73 Å². The summed E-state index contributed by atoms with van der Waals surface area (Å²) in [5.41, 5.74) is 8.09. The van der Waals surface area contributed by atoms with Gasteiger partial charge < -0.3 is 10.5 Å². The Morgan fingerprint density at radius 2 is 1.78 bits per heavy atom. The van der Waals surface area contributed by atoms with Gasteiger partial charge in [-0.2, -0.15) is 13.2 Å². The molecule has 0 aliphatic carbocycles. The Kier molecular flexibility index (Phi) is 7.08. The average molecular weight is 405 g/mol. The summed E-state index contributed by atoms with van der Waals surface area (Å²) in [6.45, 7) is 0.392. The molecule has 1 aliphatic rings. The van der Waals surface area contributed by atoms with Crippen LogP contribution in [0.25, 0.3) is 0 Å². The molecule has 0 spiro atoms. The largest absolute Gasteiger partial charge is 0.481 e. The van der Waals surface area contributed by atoms with Crippen LogP contribution in [0.15, 0.2) is 48.5 Å². The SMILES string of the molecule is Cl.N[C@@H]1CN(Cc2ccc(OCC(F)(F)F)c(F)c2)C[C@H]1c1ccccc1. The highest BCUT2D eigenvalue weighted by Crippen LogP contribution is 2.28. The molecule has 27 heavy (non-hydrogen) atoms. The molecular weight excluding hydrogens is 384 g/mol. The van der Waals surface area contributed by atoms with Crippen LogP contribution in [0.2, 0.25) is 0 Å². The van der Waals surface area contributed by atoms with Gasteiger partial charge in [-0.05, 0) is 23.3 Å². The lowest BCUT2D eigenvalue weighted by molar-refractivity contribution is -0.153. The molecule has 2 N–H and O–H groups in total. The molecule has 8 heteroatoms. The van der Waals surface area contributed by atoms with Crippen LogP contribution in [0.3, 0.4) is 0 Å². The summed E-state index contributed by atoms with van der Waals surface area (Å²) in [7, 11) is 0. The van der Waals surface area contributed by atoms with Crippen LogP contribution in [0.1, 0.15) is 17.0 Å². The zero-order valence-corrected chi connectivity index (χ0v) is 15.3. The van der Waals surface area contributed by atoms with Crippen molar-refractivity contribution in [3.05, 3.63) is 65.5 Å². The minimum atomic E-state index is -4.50. The van der Waals surface area contributed by atoms with Gasteiger partial charge in [-0.3, -0.25) is 4.90 Å². The molecule has 2 aromatic rings. The first kappa shape index (κ1) is 21.5. The fourth-order valence-corrected chi connectivity index (χ4v) is 3.27. The number of hydrogen-bond acceptors (Lipinski definition) is 3. The van der Waals surface area contributed by atoms with Gasteiger partial charge in [0.15, 0.2) is 18.2 Å². The third kappa shape index (κ3) is 5.82. The molecule has 0 unspecified atom stereocenters. The molecule has 0 bridgehead atoms. The number of likely N-dealkylation sites (tertiary alicyclic amines) is 1. The van der Waals surface area contributed by atoms with Gasteiger partial charge in [-0.1, -0.05) is 36.4 Å². The number of alkyl halides is 3. The van der Waals surface area contributed by atoms with E-state index >= 15 is 0 Å². The number of nitrogens with two attached hydrogens (primary N) is 1. The predicted octanol–water partition coefficient (Wildman–Crippen LogP) is 4.12. The van der Waals surface area contributed by atoms with Crippen molar-refractivity contribution in [2.45, 2.75) is 24.7 Å². The topological polar surface area (TPSA) is 38.5 Å². The van der Waals surface area contributed by atoms with E-state index in [0.29, 0.717) is 18.7 Å². The Morgan fingerprint density at radius 1 is 1.07 bits per heavy atom. The molecule has 1 heterocycles. The lowest BCUT2D eigenvalue weighted by Gasteiger charge is -2.17. The van der Waals surface area contributed by atoms with Crippen molar-refractivity contribution < 1.29 is 22.3 Å². The van der Waals surface area contributed by atoms with Crippen LogP contribution in [0.5, 0.6) is 5.75 Å². The highest BCUT2D eigenvalue weighted by atomic mass is 35.5. The number of ether oxygens (including phenoxy) is 1. The fourth-order valence-electron chi connectivity index (χ4n) is 3.27. The van der Waals surface area contributed by atoms with Crippen molar-refractivity contribution in [1.29, 1.82) is 0 Å². The van der Waals surface area contributed by atoms with Gasteiger partial charge in [0, 0.05) is 31.6 Å². The summed E-state index contributed by atoms with van der Waals surface area (Å²) in [5.74, 6) is -0.989.